The maximum absolute atomic E-state index is 10.4. The summed E-state index contributed by atoms with van der Waals surface area (Å²) in [5.74, 6) is 0. The van der Waals surface area contributed by atoms with Gasteiger partial charge in [-0.15, -0.1) is 10.2 Å². The molecule has 62 valence electrons. The van der Waals surface area contributed by atoms with E-state index in [1.54, 1.807) is 0 Å². The maximum Gasteiger partial charge on any atom is 0.332 e. The molecule has 1 heterocycles. The van der Waals surface area contributed by atoms with Crippen molar-refractivity contribution in [2.24, 2.45) is 0 Å². The lowest BCUT2D eigenvalue weighted by atomic mass is 10.9. The Morgan fingerprint density at radius 3 is 2.55 bits per heavy atom. The summed E-state index contributed by atoms with van der Waals surface area (Å²) in [4.78, 5) is 17.0. The molecule has 1 aromatic rings. The summed E-state index contributed by atoms with van der Waals surface area (Å²) < 4.78 is 10.4. The zero-order valence-corrected chi connectivity index (χ0v) is 7.05. The van der Waals surface area contributed by atoms with E-state index in [1.807, 2.05) is 0 Å². The third-order valence-corrected chi connectivity index (χ3v) is 2.50. The van der Waals surface area contributed by atoms with Gasteiger partial charge in [0.1, 0.15) is 11.2 Å². The molecule has 0 aliphatic heterocycles. The second kappa shape index (κ2) is 2.86. The number of aromatic nitrogens is 2. The molecule has 1 rings (SSSR count). The summed E-state index contributed by atoms with van der Waals surface area (Å²) in [6, 6.07) is 0. The Bertz CT molecular complexity index is 294. The van der Waals surface area contributed by atoms with Crippen LogP contribution in [-0.4, -0.2) is 20.0 Å². The van der Waals surface area contributed by atoms with Gasteiger partial charge in [-0.05, 0) is 0 Å². The minimum absolute atomic E-state index is 0.216. The minimum atomic E-state index is -4.02. The number of nitrogens with two attached hydrogens (primary N) is 1. The van der Waals surface area contributed by atoms with Gasteiger partial charge in [0.05, 0.1) is 0 Å². The van der Waals surface area contributed by atoms with Crippen molar-refractivity contribution in [1.29, 1.82) is 0 Å². The number of hydrogen-bond acceptors (Lipinski definition) is 5. The normalized spacial score (nSPS) is 11.8. The van der Waals surface area contributed by atoms with E-state index in [1.165, 1.54) is 0 Å². The van der Waals surface area contributed by atoms with Gasteiger partial charge in [0.2, 0.25) is 5.13 Å². The van der Waals surface area contributed by atoms with Crippen molar-refractivity contribution >= 4 is 24.1 Å². The quantitative estimate of drug-likeness (QED) is 0.563. The third kappa shape index (κ3) is 2.94. The average Bonchev–Trinajstić information content (AvgIpc) is 2.10. The molecule has 0 spiro atoms. The number of anilines is 1. The van der Waals surface area contributed by atoms with Gasteiger partial charge in [0, 0.05) is 0 Å². The summed E-state index contributed by atoms with van der Waals surface area (Å²) in [6.07, 6.45) is -0.387. The Morgan fingerprint density at radius 1 is 1.55 bits per heavy atom. The van der Waals surface area contributed by atoms with E-state index in [0.29, 0.717) is 0 Å². The van der Waals surface area contributed by atoms with E-state index in [9.17, 15) is 4.57 Å². The van der Waals surface area contributed by atoms with Crippen LogP contribution >= 0.6 is 18.9 Å². The van der Waals surface area contributed by atoms with Gasteiger partial charge in [0.25, 0.3) is 0 Å². The molecule has 0 aliphatic rings. The fourth-order valence-corrected chi connectivity index (χ4v) is 2.09. The maximum atomic E-state index is 10.4. The van der Waals surface area contributed by atoms with Gasteiger partial charge in [0.15, 0.2) is 0 Å². The SMILES string of the molecule is Nc1nnc(CP(=O)(O)O)s1. The van der Waals surface area contributed by atoms with Crippen LogP contribution in [0.3, 0.4) is 0 Å². The Labute approximate surface area is 66.2 Å². The Hall–Kier alpha value is -0.490. The summed E-state index contributed by atoms with van der Waals surface area (Å²) >= 11 is 0.978. The molecular weight excluding hydrogens is 189 g/mol. The second-order valence-electron chi connectivity index (χ2n) is 1.86. The molecule has 0 aliphatic carbocycles. The van der Waals surface area contributed by atoms with Crippen LogP contribution in [0.15, 0.2) is 0 Å². The number of hydrogen-bond donors (Lipinski definition) is 3. The predicted octanol–water partition coefficient (Wildman–Crippen LogP) is -0.202. The highest BCUT2D eigenvalue weighted by Gasteiger charge is 2.16. The van der Waals surface area contributed by atoms with Gasteiger partial charge >= 0.3 is 7.60 Å². The van der Waals surface area contributed by atoms with Gasteiger partial charge < -0.3 is 15.5 Å². The van der Waals surface area contributed by atoms with E-state index in [4.69, 9.17) is 15.5 Å². The Balaban J connectivity index is 2.73. The van der Waals surface area contributed by atoms with Crippen molar-refractivity contribution in [3.63, 3.8) is 0 Å². The van der Waals surface area contributed by atoms with Crippen molar-refractivity contribution in [3.8, 4) is 0 Å². The Kier molecular flexibility index (Phi) is 2.24. The van der Waals surface area contributed by atoms with Crippen LogP contribution in [-0.2, 0) is 10.7 Å². The van der Waals surface area contributed by atoms with E-state index < -0.39 is 7.60 Å². The first-order valence-corrected chi connectivity index (χ1v) is 5.21. The van der Waals surface area contributed by atoms with Crippen molar-refractivity contribution < 1.29 is 14.4 Å². The van der Waals surface area contributed by atoms with Crippen LogP contribution in [0.25, 0.3) is 0 Å². The molecular formula is C3H6N3O3PS. The van der Waals surface area contributed by atoms with E-state index in [0.717, 1.165) is 11.3 Å². The van der Waals surface area contributed by atoms with Crippen molar-refractivity contribution in [1.82, 2.24) is 10.2 Å². The molecule has 0 saturated heterocycles. The second-order valence-corrected chi connectivity index (χ2v) is 4.60. The van der Waals surface area contributed by atoms with Crippen LogP contribution in [0.4, 0.5) is 5.13 Å². The lowest BCUT2D eigenvalue weighted by Gasteiger charge is -1.96. The summed E-state index contributed by atoms with van der Waals surface area (Å²) in [5.41, 5.74) is 5.19. The first-order valence-electron chi connectivity index (χ1n) is 2.60. The first kappa shape index (κ1) is 8.61. The molecule has 0 saturated carbocycles. The highest BCUT2D eigenvalue weighted by atomic mass is 32.1. The molecule has 0 amide bonds. The van der Waals surface area contributed by atoms with Crippen molar-refractivity contribution in [2.45, 2.75) is 6.16 Å². The first-order chi connectivity index (χ1) is 4.97. The van der Waals surface area contributed by atoms with Crippen LogP contribution in [0.2, 0.25) is 0 Å². The lowest BCUT2D eigenvalue weighted by Crippen LogP contribution is -1.85. The zero-order chi connectivity index (χ0) is 8.48. The fraction of sp³-hybridized carbons (Fsp3) is 0.333. The van der Waals surface area contributed by atoms with Crippen LogP contribution in [0, 0.1) is 0 Å². The highest BCUT2D eigenvalue weighted by molar-refractivity contribution is 7.51. The summed E-state index contributed by atoms with van der Waals surface area (Å²) in [6.45, 7) is 0. The largest absolute Gasteiger partial charge is 0.374 e. The molecule has 0 bridgehead atoms. The van der Waals surface area contributed by atoms with Crippen molar-refractivity contribution in [3.05, 3.63) is 5.01 Å². The molecule has 4 N–H and O–H groups in total. The van der Waals surface area contributed by atoms with Gasteiger partial charge in [-0.2, -0.15) is 0 Å². The Morgan fingerprint density at radius 2 is 2.18 bits per heavy atom. The number of nitrogen functional groups attached to an aromatic ring is 1. The molecule has 0 radical (unpaired) electrons. The highest BCUT2D eigenvalue weighted by Crippen LogP contribution is 2.39. The van der Waals surface area contributed by atoms with Gasteiger partial charge in [-0.3, -0.25) is 4.57 Å². The monoisotopic (exact) mass is 195 g/mol. The number of nitrogens with zero attached hydrogens (tertiary/aromatic N) is 2. The smallest absolute Gasteiger partial charge is 0.332 e. The van der Waals surface area contributed by atoms with Gasteiger partial charge in [-0.25, -0.2) is 0 Å². The predicted molar refractivity (Wildman–Crippen MR) is 40.1 cm³/mol. The van der Waals surface area contributed by atoms with E-state index in [2.05, 4.69) is 10.2 Å². The van der Waals surface area contributed by atoms with Gasteiger partial charge in [-0.1, -0.05) is 11.3 Å². The standard InChI is InChI=1S/C3H6N3O3PS/c4-3-6-5-2(11-3)1-10(7,8)9/h1H2,(H2,4,6)(H2,7,8,9). The zero-order valence-electron chi connectivity index (χ0n) is 5.34. The van der Waals surface area contributed by atoms with Crippen LogP contribution in [0.1, 0.15) is 5.01 Å². The minimum Gasteiger partial charge on any atom is -0.374 e. The van der Waals surface area contributed by atoms with Crippen LogP contribution in [0.5, 0.6) is 0 Å². The van der Waals surface area contributed by atoms with E-state index in [-0.39, 0.29) is 16.3 Å². The van der Waals surface area contributed by atoms with Crippen LogP contribution < -0.4 is 5.73 Å². The average molecular weight is 195 g/mol. The molecule has 0 unspecified atom stereocenters. The third-order valence-electron chi connectivity index (χ3n) is 0.824. The summed E-state index contributed by atoms with van der Waals surface area (Å²) in [7, 11) is -4.02. The molecule has 8 heteroatoms. The molecule has 0 fully saturated rings. The molecule has 11 heavy (non-hydrogen) atoms. The molecule has 0 atom stereocenters. The lowest BCUT2D eigenvalue weighted by molar-refractivity contribution is 0.371. The topological polar surface area (TPSA) is 109 Å². The molecule has 0 aromatic carbocycles. The fourth-order valence-electron chi connectivity index (χ4n) is 0.507. The number of rotatable bonds is 2. The van der Waals surface area contributed by atoms with Crippen molar-refractivity contribution in [2.75, 3.05) is 5.73 Å². The molecule has 6 nitrogen and oxygen atoms in total. The molecule has 1 aromatic heterocycles. The van der Waals surface area contributed by atoms with E-state index >= 15 is 0 Å². The summed E-state index contributed by atoms with van der Waals surface area (Å²) in [5, 5.41) is 7.33.